The van der Waals surface area contributed by atoms with E-state index in [0.717, 1.165) is 18.4 Å². The lowest BCUT2D eigenvalue weighted by atomic mass is 9.88. The summed E-state index contributed by atoms with van der Waals surface area (Å²) in [6, 6.07) is 12.2. The van der Waals surface area contributed by atoms with E-state index in [1.54, 1.807) is 6.07 Å². The smallest absolute Gasteiger partial charge is 0.261 e. The molecule has 0 aliphatic heterocycles. The molecule has 0 radical (unpaired) electrons. The zero-order valence-corrected chi connectivity index (χ0v) is 17.8. The summed E-state index contributed by atoms with van der Waals surface area (Å²) in [4.78, 5) is 12.9. The number of fused-ring (bicyclic) bond motifs is 1. The van der Waals surface area contributed by atoms with Gasteiger partial charge in [-0.1, -0.05) is 43.6 Å². The van der Waals surface area contributed by atoms with Crippen LogP contribution < -0.4 is 10.1 Å². The molecule has 2 atom stereocenters. The summed E-state index contributed by atoms with van der Waals surface area (Å²) in [5.74, 6) is 0.602. The molecule has 1 aliphatic carbocycles. The van der Waals surface area contributed by atoms with Crippen LogP contribution in [0.4, 0.5) is 0 Å². The topological polar surface area (TPSA) is 38.3 Å². The molecule has 0 saturated heterocycles. The van der Waals surface area contributed by atoms with Crippen LogP contribution in [0.2, 0.25) is 5.02 Å². The summed E-state index contributed by atoms with van der Waals surface area (Å²) in [7, 11) is 0. The van der Waals surface area contributed by atoms with Crippen molar-refractivity contribution < 1.29 is 9.53 Å². The van der Waals surface area contributed by atoms with Gasteiger partial charge in [0.2, 0.25) is 0 Å². The summed E-state index contributed by atoms with van der Waals surface area (Å²) >= 11 is 6.08. The molecule has 2 aromatic rings. The fraction of sp³-hybridized carbons (Fsp3) is 0.458. The van der Waals surface area contributed by atoms with E-state index in [9.17, 15) is 4.79 Å². The van der Waals surface area contributed by atoms with E-state index in [0.29, 0.717) is 17.2 Å². The minimum absolute atomic E-state index is 0.00401. The first kappa shape index (κ1) is 20.7. The Morgan fingerprint density at radius 2 is 1.82 bits per heavy atom. The van der Waals surface area contributed by atoms with Gasteiger partial charge in [0.1, 0.15) is 5.75 Å². The Bertz CT molecular complexity index is 833. The first-order valence-electron chi connectivity index (χ1n) is 10.4. The number of benzene rings is 2. The maximum atomic E-state index is 12.9. The molecule has 2 aromatic carbocycles. The van der Waals surface area contributed by atoms with Crippen molar-refractivity contribution in [3.05, 3.63) is 63.7 Å². The molecule has 0 fully saturated rings. The van der Waals surface area contributed by atoms with Gasteiger partial charge in [-0.3, -0.25) is 4.79 Å². The van der Waals surface area contributed by atoms with Crippen LogP contribution in [0.1, 0.15) is 67.8 Å². The fourth-order valence-corrected chi connectivity index (χ4v) is 3.95. The number of aryl methyl sites for hydroxylation is 3. The highest BCUT2D eigenvalue weighted by molar-refractivity contribution is 6.31. The molecular formula is C24H30ClNO2. The predicted octanol–water partition coefficient (Wildman–Crippen LogP) is 5.95. The van der Waals surface area contributed by atoms with Crippen LogP contribution in [0.15, 0.2) is 36.4 Å². The minimum Gasteiger partial charge on any atom is -0.481 e. The maximum absolute atomic E-state index is 12.9. The number of ether oxygens (including phenoxy) is 1. The van der Waals surface area contributed by atoms with Crippen LogP contribution in [0, 0.1) is 6.92 Å². The van der Waals surface area contributed by atoms with E-state index in [1.165, 1.54) is 36.0 Å². The molecule has 1 aliphatic rings. The Morgan fingerprint density at radius 3 is 2.50 bits per heavy atom. The van der Waals surface area contributed by atoms with Crippen LogP contribution in [-0.4, -0.2) is 12.0 Å². The van der Waals surface area contributed by atoms with Gasteiger partial charge in [-0.2, -0.15) is 0 Å². The number of rotatable bonds is 7. The van der Waals surface area contributed by atoms with E-state index in [1.807, 2.05) is 26.0 Å². The molecule has 0 aromatic heterocycles. The van der Waals surface area contributed by atoms with Gasteiger partial charge in [0.15, 0.2) is 6.10 Å². The molecular weight excluding hydrogens is 370 g/mol. The second-order valence-electron chi connectivity index (χ2n) is 7.63. The molecule has 3 nitrogen and oxygen atoms in total. The molecule has 0 bridgehead atoms. The maximum Gasteiger partial charge on any atom is 0.261 e. The zero-order valence-electron chi connectivity index (χ0n) is 17.1. The third-order valence-electron chi connectivity index (χ3n) is 5.57. The zero-order chi connectivity index (χ0) is 20.1. The Morgan fingerprint density at radius 1 is 1.07 bits per heavy atom. The van der Waals surface area contributed by atoms with E-state index in [2.05, 4.69) is 30.4 Å². The minimum atomic E-state index is -0.521. The van der Waals surface area contributed by atoms with Gasteiger partial charge < -0.3 is 10.1 Å². The van der Waals surface area contributed by atoms with Gasteiger partial charge in [0.25, 0.3) is 5.91 Å². The van der Waals surface area contributed by atoms with Crippen LogP contribution in [0.5, 0.6) is 5.75 Å². The third-order valence-corrected chi connectivity index (χ3v) is 5.99. The van der Waals surface area contributed by atoms with Gasteiger partial charge >= 0.3 is 0 Å². The summed E-state index contributed by atoms with van der Waals surface area (Å²) in [5, 5.41) is 3.89. The van der Waals surface area contributed by atoms with Gasteiger partial charge in [0, 0.05) is 5.02 Å². The van der Waals surface area contributed by atoms with Crippen LogP contribution >= 0.6 is 11.6 Å². The lowest BCUT2D eigenvalue weighted by molar-refractivity contribution is -0.128. The Kier molecular flexibility index (Phi) is 7.01. The van der Waals surface area contributed by atoms with Crippen molar-refractivity contribution in [2.75, 3.05) is 0 Å². The molecule has 28 heavy (non-hydrogen) atoms. The monoisotopic (exact) mass is 399 g/mol. The van der Waals surface area contributed by atoms with E-state index in [-0.39, 0.29) is 11.9 Å². The average Bonchev–Trinajstić information content (AvgIpc) is 2.72. The SMILES string of the molecule is CC[C@@H](Oc1ccc(Cl)c(C)c1)C(=O)N[C@H](CC)c1ccc2c(c1)CCCC2. The quantitative estimate of drug-likeness (QED) is 0.624. The molecule has 3 rings (SSSR count). The fourth-order valence-electron chi connectivity index (χ4n) is 3.83. The first-order valence-corrected chi connectivity index (χ1v) is 10.7. The van der Waals surface area contributed by atoms with Crippen molar-refractivity contribution in [1.29, 1.82) is 0 Å². The second-order valence-corrected chi connectivity index (χ2v) is 8.04. The van der Waals surface area contributed by atoms with Crippen molar-refractivity contribution >= 4 is 17.5 Å². The molecule has 1 amide bonds. The number of carbonyl (C=O) groups is 1. The first-order chi connectivity index (χ1) is 13.5. The number of hydrogen-bond donors (Lipinski definition) is 1. The Labute approximate surface area is 173 Å². The van der Waals surface area contributed by atoms with Gasteiger partial charge in [-0.25, -0.2) is 0 Å². The van der Waals surface area contributed by atoms with Gasteiger partial charge in [0.05, 0.1) is 6.04 Å². The van der Waals surface area contributed by atoms with Gasteiger partial charge in [-0.15, -0.1) is 0 Å². The van der Waals surface area contributed by atoms with Crippen LogP contribution in [-0.2, 0) is 17.6 Å². The van der Waals surface area contributed by atoms with Crippen LogP contribution in [0.25, 0.3) is 0 Å². The van der Waals surface area contributed by atoms with Crippen molar-refractivity contribution in [1.82, 2.24) is 5.32 Å². The standard InChI is InChI=1S/C24H30ClNO2/c1-4-22(19-11-10-17-8-6-7-9-18(17)15-19)26-24(27)23(5-2)28-20-12-13-21(25)16(3)14-20/h10-15,22-23H,4-9H2,1-3H3,(H,26,27)/t22-,23-/m1/s1. The average molecular weight is 400 g/mol. The highest BCUT2D eigenvalue weighted by Crippen LogP contribution is 2.27. The Balaban J connectivity index is 1.70. The summed E-state index contributed by atoms with van der Waals surface area (Å²) in [6.07, 6.45) is 5.78. The Hall–Kier alpha value is -2.00. The lowest BCUT2D eigenvalue weighted by Crippen LogP contribution is -2.40. The second kappa shape index (κ2) is 9.47. The van der Waals surface area contributed by atoms with E-state index >= 15 is 0 Å². The highest BCUT2D eigenvalue weighted by atomic mass is 35.5. The van der Waals surface area contributed by atoms with Crippen LogP contribution in [0.3, 0.4) is 0 Å². The van der Waals surface area contributed by atoms with Crippen molar-refractivity contribution in [3.63, 3.8) is 0 Å². The normalized spacial score (nSPS) is 15.4. The summed E-state index contributed by atoms with van der Waals surface area (Å²) in [6.45, 7) is 6.00. The van der Waals surface area contributed by atoms with E-state index < -0.39 is 6.10 Å². The summed E-state index contributed by atoms with van der Waals surface area (Å²) in [5.41, 5.74) is 5.03. The number of carbonyl (C=O) groups excluding carboxylic acids is 1. The number of nitrogens with one attached hydrogen (secondary N) is 1. The summed E-state index contributed by atoms with van der Waals surface area (Å²) < 4.78 is 5.96. The number of halogens is 1. The molecule has 1 N–H and O–H groups in total. The number of hydrogen-bond acceptors (Lipinski definition) is 2. The van der Waals surface area contributed by atoms with Crippen molar-refractivity contribution in [2.24, 2.45) is 0 Å². The molecule has 0 saturated carbocycles. The molecule has 150 valence electrons. The van der Waals surface area contributed by atoms with E-state index in [4.69, 9.17) is 16.3 Å². The molecule has 0 spiro atoms. The molecule has 4 heteroatoms. The van der Waals surface area contributed by atoms with Crippen molar-refractivity contribution in [3.8, 4) is 5.75 Å². The lowest BCUT2D eigenvalue weighted by Gasteiger charge is -2.24. The third kappa shape index (κ3) is 4.88. The number of amides is 1. The molecule has 0 heterocycles. The predicted molar refractivity (Wildman–Crippen MR) is 115 cm³/mol. The van der Waals surface area contributed by atoms with Crippen molar-refractivity contribution in [2.45, 2.75) is 71.4 Å². The largest absolute Gasteiger partial charge is 0.481 e. The molecule has 0 unspecified atom stereocenters. The highest BCUT2D eigenvalue weighted by Gasteiger charge is 2.23. The van der Waals surface area contributed by atoms with Gasteiger partial charge in [-0.05, 0) is 85.9 Å².